The third-order valence-electron chi connectivity index (χ3n) is 4.38. The Morgan fingerprint density at radius 3 is 2.59 bits per heavy atom. The van der Waals surface area contributed by atoms with Gasteiger partial charge in [-0.3, -0.25) is 9.67 Å². The summed E-state index contributed by atoms with van der Waals surface area (Å²) in [5.41, 5.74) is 2.41. The molecule has 0 saturated carbocycles. The summed E-state index contributed by atoms with van der Waals surface area (Å²) in [4.78, 5) is 4.27. The van der Waals surface area contributed by atoms with Crippen molar-refractivity contribution in [2.75, 3.05) is 20.2 Å². The summed E-state index contributed by atoms with van der Waals surface area (Å²) >= 11 is 0. The molecule has 1 aromatic heterocycles. The second kappa shape index (κ2) is 10.8. The fourth-order valence-electron chi connectivity index (χ4n) is 2.85. The lowest BCUT2D eigenvalue weighted by atomic mass is 10.1. The molecule has 0 spiro atoms. The molecule has 2 aromatic carbocycles. The lowest BCUT2D eigenvalue weighted by molar-refractivity contribution is 0.310. The molecule has 3 aromatic rings. The van der Waals surface area contributed by atoms with E-state index in [4.69, 9.17) is 4.74 Å². The smallest absolute Gasteiger partial charge is 0.191 e. The van der Waals surface area contributed by atoms with Crippen molar-refractivity contribution < 1.29 is 9.13 Å². The molecule has 0 aliphatic carbocycles. The van der Waals surface area contributed by atoms with Gasteiger partial charge in [0.1, 0.15) is 11.6 Å². The van der Waals surface area contributed by atoms with Crippen molar-refractivity contribution in [1.82, 2.24) is 20.4 Å². The summed E-state index contributed by atoms with van der Waals surface area (Å²) in [5, 5.41) is 10.9. The van der Waals surface area contributed by atoms with E-state index in [0.717, 1.165) is 25.5 Å². The van der Waals surface area contributed by atoms with Crippen molar-refractivity contribution in [2.45, 2.75) is 19.5 Å². The maximum Gasteiger partial charge on any atom is 0.191 e. The Bertz CT molecular complexity index is 894. The highest BCUT2D eigenvalue weighted by atomic mass is 19.1. The molecule has 3 rings (SSSR count). The lowest BCUT2D eigenvalue weighted by Crippen LogP contribution is -2.37. The number of ether oxygens (including phenoxy) is 1. The van der Waals surface area contributed by atoms with E-state index in [1.807, 2.05) is 29.1 Å². The number of nitrogens with zero attached hydrogens (tertiary/aromatic N) is 3. The molecule has 29 heavy (non-hydrogen) atoms. The second-order valence-electron chi connectivity index (χ2n) is 6.48. The number of benzene rings is 2. The van der Waals surface area contributed by atoms with Crippen LogP contribution < -0.4 is 15.4 Å². The fourth-order valence-corrected chi connectivity index (χ4v) is 2.85. The Morgan fingerprint density at radius 2 is 1.86 bits per heavy atom. The third kappa shape index (κ3) is 6.64. The first kappa shape index (κ1) is 20.4. The van der Waals surface area contributed by atoms with Gasteiger partial charge in [-0.05, 0) is 47.9 Å². The van der Waals surface area contributed by atoms with Crippen molar-refractivity contribution in [2.24, 2.45) is 4.99 Å². The van der Waals surface area contributed by atoms with Gasteiger partial charge >= 0.3 is 0 Å². The number of hydrogen-bond donors (Lipinski definition) is 2. The summed E-state index contributed by atoms with van der Waals surface area (Å²) in [6.45, 7) is 2.67. The van der Waals surface area contributed by atoms with E-state index in [0.29, 0.717) is 18.9 Å². The molecule has 0 aliphatic heterocycles. The van der Waals surface area contributed by atoms with Gasteiger partial charge in [-0.1, -0.05) is 24.3 Å². The molecule has 0 unspecified atom stereocenters. The molecule has 2 N–H and O–H groups in total. The highest BCUT2D eigenvalue weighted by Gasteiger charge is 2.05. The van der Waals surface area contributed by atoms with Gasteiger partial charge in [0.25, 0.3) is 0 Å². The molecule has 7 heteroatoms. The van der Waals surface area contributed by atoms with Gasteiger partial charge < -0.3 is 15.4 Å². The SMILES string of the molecule is CN=C(NCCCOc1ccc(F)cc1)NCc1ccccc1Cn1cccn1. The minimum atomic E-state index is -0.264. The number of nitrogens with one attached hydrogen (secondary N) is 2. The van der Waals surface area contributed by atoms with Gasteiger partial charge in [-0.15, -0.1) is 0 Å². The molecule has 0 saturated heterocycles. The van der Waals surface area contributed by atoms with Gasteiger partial charge in [0.2, 0.25) is 0 Å². The van der Waals surface area contributed by atoms with Gasteiger partial charge in [-0.25, -0.2) is 4.39 Å². The maximum absolute atomic E-state index is 12.9. The van der Waals surface area contributed by atoms with E-state index in [2.05, 4.69) is 32.9 Å². The molecule has 0 fully saturated rings. The highest BCUT2D eigenvalue weighted by molar-refractivity contribution is 5.79. The molecule has 0 atom stereocenters. The Kier molecular flexibility index (Phi) is 7.63. The molecular weight excluding hydrogens is 369 g/mol. The zero-order chi connectivity index (χ0) is 20.3. The highest BCUT2D eigenvalue weighted by Crippen LogP contribution is 2.11. The average molecular weight is 395 g/mol. The van der Waals surface area contributed by atoms with E-state index in [-0.39, 0.29) is 5.82 Å². The largest absolute Gasteiger partial charge is 0.494 e. The number of aliphatic imine (C=N–C) groups is 1. The van der Waals surface area contributed by atoms with Crippen LogP contribution in [0.15, 0.2) is 72.0 Å². The Morgan fingerprint density at radius 1 is 1.07 bits per heavy atom. The monoisotopic (exact) mass is 395 g/mol. The van der Waals surface area contributed by atoms with E-state index >= 15 is 0 Å². The van der Waals surface area contributed by atoms with Crippen LogP contribution in [0.2, 0.25) is 0 Å². The van der Waals surface area contributed by atoms with Crippen LogP contribution in [0.5, 0.6) is 5.75 Å². The first-order valence-electron chi connectivity index (χ1n) is 9.61. The number of rotatable bonds is 9. The molecular formula is C22H26FN5O. The quantitative estimate of drug-likeness (QED) is 0.332. The van der Waals surface area contributed by atoms with Gasteiger partial charge in [0.15, 0.2) is 5.96 Å². The second-order valence-corrected chi connectivity index (χ2v) is 6.48. The third-order valence-corrected chi connectivity index (χ3v) is 4.38. The number of guanidine groups is 1. The Balaban J connectivity index is 1.41. The summed E-state index contributed by atoms with van der Waals surface area (Å²) in [6.07, 6.45) is 4.54. The minimum Gasteiger partial charge on any atom is -0.494 e. The van der Waals surface area contributed by atoms with Crippen LogP contribution in [0, 0.1) is 5.82 Å². The van der Waals surface area contributed by atoms with Crippen LogP contribution in [0.1, 0.15) is 17.5 Å². The predicted molar refractivity (Wildman–Crippen MR) is 112 cm³/mol. The van der Waals surface area contributed by atoms with Crippen LogP contribution in [0.4, 0.5) is 4.39 Å². The average Bonchev–Trinajstić information content (AvgIpc) is 3.25. The van der Waals surface area contributed by atoms with Crippen molar-refractivity contribution in [3.8, 4) is 5.75 Å². The van der Waals surface area contributed by atoms with E-state index in [9.17, 15) is 4.39 Å². The number of aromatic nitrogens is 2. The molecule has 0 bridgehead atoms. The molecule has 6 nitrogen and oxygen atoms in total. The van der Waals surface area contributed by atoms with Gasteiger partial charge in [-0.2, -0.15) is 5.10 Å². The van der Waals surface area contributed by atoms with Crippen LogP contribution in [0.3, 0.4) is 0 Å². The molecule has 0 radical (unpaired) electrons. The number of hydrogen-bond acceptors (Lipinski definition) is 3. The van der Waals surface area contributed by atoms with Crippen molar-refractivity contribution >= 4 is 5.96 Å². The minimum absolute atomic E-state index is 0.264. The van der Waals surface area contributed by atoms with Gasteiger partial charge in [0, 0.05) is 32.5 Å². The molecule has 0 aliphatic rings. The Hall–Kier alpha value is -3.35. The maximum atomic E-state index is 12.9. The zero-order valence-corrected chi connectivity index (χ0v) is 16.5. The molecule has 1 heterocycles. The van der Waals surface area contributed by atoms with E-state index in [1.54, 1.807) is 25.4 Å². The van der Waals surface area contributed by atoms with E-state index in [1.165, 1.54) is 23.3 Å². The van der Waals surface area contributed by atoms with Crippen LogP contribution in [-0.4, -0.2) is 35.9 Å². The zero-order valence-electron chi connectivity index (χ0n) is 16.5. The summed E-state index contributed by atoms with van der Waals surface area (Å²) < 4.78 is 20.4. The van der Waals surface area contributed by atoms with Crippen LogP contribution in [-0.2, 0) is 13.1 Å². The number of halogens is 1. The fraction of sp³-hybridized carbons (Fsp3) is 0.273. The molecule has 152 valence electrons. The van der Waals surface area contributed by atoms with Crippen molar-refractivity contribution in [1.29, 1.82) is 0 Å². The topological polar surface area (TPSA) is 63.5 Å². The van der Waals surface area contributed by atoms with Crippen LogP contribution in [0.25, 0.3) is 0 Å². The Labute approximate surface area is 170 Å². The normalized spacial score (nSPS) is 11.3. The first-order chi connectivity index (χ1) is 14.2. The summed E-state index contributed by atoms with van der Waals surface area (Å²) in [5.74, 6) is 1.14. The lowest BCUT2D eigenvalue weighted by Gasteiger charge is -2.14. The van der Waals surface area contributed by atoms with Gasteiger partial charge in [0.05, 0.1) is 13.2 Å². The van der Waals surface area contributed by atoms with Crippen molar-refractivity contribution in [3.63, 3.8) is 0 Å². The van der Waals surface area contributed by atoms with Crippen LogP contribution >= 0.6 is 0 Å². The molecule has 0 amide bonds. The standard InChI is InChI=1S/C22H26FN5O/c1-24-22(25-12-5-15-29-21-10-8-20(23)9-11-21)26-16-18-6-2-3-7-19(18)17-28-14-4-13-27-28/h2-4,6-11,13-14H,5,12,15-17H2,1H3,(H2,24,25,26). The summed E-state index contributed by atoms with van der Waals surface area (Å²) in [6, 6.07) is 16.3. The summed E-state index contributed by atoms with van der Waals surface area (Å²) in [7, 11) is 1.75. The predicted octanol–water partition coefficient (Wildman–Crippen LogP) is 3.20. The van der Waals surface area contributed by atoms with Crippen molar-refractivity contribution in [3.05, 3.63) is 83.9 Å². The van der Waals surface area contributed by atoms with E-state index < -0.39 is 0 Å². The first-order valence-corrected chi connectivity index (χ1v) is 9.61.